The number of hydrogen-bond donors (Lipinski definition) is 0. The summed E-state index contributed by atoms with van der Waals surface area (Å²) in [4.78, 5) is 14.3. The first-order valence-corrected chi connectivity index (χ1v) is 9.07. The standard InChI is InChI=1S/C13H24N2O3S/c1-19(17,18)15-9-5-8-14(10-11-15)13(16)12-6-3-2-4-7-12/h12H,2-11H2,1H3. The summed E-state index contributed by atoms with van der Waals surface area (Å²) >= 11 is 0. The number of carbonyl (C=O) groups excluding carboxylic acids is 1. The third kappa shape index (κ3) is 3.92. The highest BCUT2D eigenvalue weighted by Gasteiger charge is 2.28. The molecular weight excluding hydrogens is 264 g/mol. The molecule has 2 fully saturated rings. The summed E-state index contributed by atoms with van der Waals surface area (Å²) in [6.45, 7) is 2.22. The summed E-state index contributed by atoms with van der Waals surface area (Å²) in [5.74, 6) is 0.425. The molecule has 1 saturated carbocycles. The molecule has 0 aromatic carbocycles. The van der Waals surface area contributed by atoms with Crippen molar-refractivity contribution in [3.8, 4) is 0 Å². The van der Waals surface area contributed by atoms with Crippen molar-refractivity contribution in [2.45, 2.75) is 38.5 Å². The first kappa shape index (κ1) is 14.8. The zero-order chi connectivity index (χ0) is 13.9. The van der Waals surface area contributed by atoms with Crippen molar-refractivity contribution < 1.29 is 13.2 Å². The molecule has 1 aliphatic heterocycles. The van der Waals surface area contributed by atoms with Gasteiger partial charge in [-0.25, -0.2) is 12.7 Å². The van der Waals surface area contributed by atoms with E-state index in [1.165, 1.54) is 17.0 Å². The molecule has 0 N–H and O–H groups in total. The molecule has 0 atom stereocenters. The van der Waals surface area contributed by atoms with E-state index in [1.807, 2.05) is 4.90 Å². The monoisotopic (exact) mass is 288 g/mol. The highest BCUT2D eigenvalue weighted by molar-refractivity contribution is 7.88. The summed E-state index contributed by atoms with van der Waals surface area (Å²) in [5, 5.41) is 0. The molecule has 1 heterocycles. The average Bonchev–Trinajstić information content (AvgIpc) is 2.64. The fourth-order valence-corrected chi connectivity index (χ4v) is 3.93. The minimum atomic E-state index is -3.13. The van der Waals surface area contributed by atoms with Gasteiger partial charge in [-0.2, -0.15) is 0 Å². The summed E-state index contributed by atoms with van der Waals surface area (Å²) in [6.07, 6.45) is 7.54. The van der Waals surface area contributed by atoms with Gasteiger partial charge in [0.1, 0.15) is 0 Å². The Kier molecular flexibility index (Phi) is 4.84. The molecule has 0 aromatic heterocycles. The average molecular weight is 288 g/mol. The number of carbonyl (C=O) groups is 1. The Morgan fingerprint density at radius 3 is 2.26 bits per heavy atom. The summed E-state index contributed by atoms with van der Waals surface area (Å²) in [7, 11) is -3.13. The van der Waals surface area contributed by atoms with Gasteiger partial charge in [-0.15, -0.1) is 0 Å². The lowest BCUT2D eigenvalue weighted by Crippen LogP contribution is -2.40. The van der Waals surface area contributed by atoms with Crippen LogP contribution < -0.4 is 0 Å². The number of sulfonamides is 1. The van der Waals surface area contributed by atoms with E-state index in [-0.39, 0.29) is 11.8 Å². The van der Waals surface area contributed by atoms with Crippen LogP contribution in [0.3, 0.4) is 0 Å². The van der Waals surface area contributed by atoms with Gasteiger partial charge in [0.2, 0.25) is 15.9 Å². The maximum absolute atomic E-state index is 12.4. The Bertz CT molecular complexity index is 416. The lowest BCUT2D eigenvalue weighted by molar-refractivity contribution is -0.136. The molecule has 0 unspecified atom stereocenters. The summed E-state index contributed by atoms with van der Waals surface area (Å²) < 4.78 is 24.6. The smallest absolute Gasteiger partial charge is 0.225 e. The van der Waals surface area contributed by atoms with E-state index in [4.69, 9.17) is 0 Å². The molecule has 0 aromatic rings. The van der Waals surface area contributed by atoms with Crippen LogP contribution in [0.4, 0.5) is 0 Å². The van der Waals surface area contributed by atoms with Gasteiger partial charge in [0.25, 0.3) is 0 Å². The minimum Gasteiger partial charge on any atom is -0.341 e. The Balaban J connectivity index is 1.93. The molecule has 2 aliphatic rings. The second kappa shape index (κ2) is 6.22. The lowest BCUT2D eigenvalue weighted by Gasteiger charge is -2.28. The Morgan fingerprint density at radius 1 is 0.947 bits per heavy atom. The number of amides is 1. The van der Waals surface area contributed by atoms with E-state index in [0.717, 1.165) is 32.1 Å². The molecule has 1 aliphatic carbocycles. The molecular formula is C13H24N2O3S. The molecule has 2 rings (SSSR count). The first-order valence-electron chi connectivity index (χ1n) is 7.22. The van der Waals surface area contributed by atoms with Gasteiger partial charge < -0.3 is 4.90 Å². The second-order valence-corrected chi connectivity index (χ2v) is 7.66. The van der Waals surface area contributed by atoms with E-state index in [0.29, 0.717) is 26.2 Å². The van der Waals surface area contributed by atoms with Gasteiger partial charge >= 0.3 is 0 Å². The van der Waals surface area contributed by atoms with E-state index in [9.17, 15) is 13.2 Å². The predicted octanol–water partition coefficient (Wildman–Crippen LogP) is 1.06. The van der Waals surface area contributed by atoms with E-state index in [2.05, 4.69) is 0 Å². The van der Waals surface area contributed by atoms with Crippen LogP contribution in [0.25, 0.3) is 0 Å². The molecule has 0 radical (unpaired) electrons. The lowest BCUT2D eigenvalue weighted by atomic mass is 9.88. The molecule has 0 spiro atoms. The fraction of sp³-hybridized carbons (Fsp3) is 0.923. The topological polar surface area (TPSA) is 57.7 Å². The highest BCUT2D eigenvalue weighted by Crippen LogP contribution is 2.25. The van der Waals surface area contributed by atoms with E-state index in [1.54, 1.807) is 0 Å². The third-order valence-electron chi connectivity index (χ3n) is 4.19. The maximum Gasteiger partial charge on any atom is 0.225 e. The van der Waals surface area contributed by atoms with Crippen LogP contribution in [0.5, 0.6) is 0 Å². The Morgan fingerprint density at radius 2 is 1.63 bits per heavy atom. The van der Waals surface area contributed by atoms with Crippen LogP contribution >= 0.6 is 0 Å². The van der Waals surface area contributed by atoms with Crippen LogP contribution in [0, 0.1) is 5.92 Å². The summed E-state index contributed by atoms with van der Waals surface area (Å²) in [5.41, 5.74) is 0. The maximum atomic E-state index is 12.4. The molecule has 5 nitrogen and oxygen atoms in total. The molecule has 110 valence electrons. The fourth-order valence-electron chi connectivity index (χ4n) is 3.05. The van der Waals surface area contributed by atoms with E-state index < -0.39 is 10.0 Å². The van der Waals surface area contributed by atoms with Gasteiger partial charge in [0, 0.05) is 32.1 Å². The van der Waals surface area contributed by atoms with Crippen LogP contribution in [-0.2, 0) is 14.8 Å². The molecule has 19 heavy (non-hydrogen) atoms. The normalized spacial score (nSPS) is 24.2. The third-order valence-corrected chi connectivity index (χ3v) is 5.49. The van der Waals surface area contributed by atoms with Crippen molar-refractivity contribution in [3.63, 3.8) is 0 Å². The van der Waals surface area contributed by atoms with Gasteiger partial charge in [-0.05, 0) is 19.3 Å². The zero-order valence-electron chi connectivity index (χ0n) is 11.7. The van der Waals surface area contributed by atoms with Crippen LogP contribution in [0.15, 0.2) is 0 Å². The Hall–Kier alpha value is -0.620. The predicted molar refractivity (Wildman–Crippen MR) is 74.2 cm³/mol. The largest absolute Gasteiger partial charge is 0.341 e. The summed E-state index contributed by atoms with van der Waals surface area (Å²) in [6, 6.07) is 0. The molecule has 0 bridgehead atoms. The van der Waals surface area contributed by atoms with Crippen molar-refractivity contribution in [1.82, 2.24) is 9.21 Å². The van der Waals surface area contributed by atoms with Crippen molar-refractivity contribution in [2.24, 2.45) is 5.92 Å². The van der Waals surface area contributed by atoms with Gasteiger partial charge in [-0.3, -0.25) is 4.79 Å². The van der Waals surface area contributed by atoms with E-state index >= 15 is 0 Å². The Labute approximate surface area is 116 Å². The quantitative estimate of drug-likeness (QED) is 0.763. The van der Waals surface area contributed by atoms with Crippen molar-refractivity contribution in [2.75, 3.05) is 32.4 Å². The number of nitrogens with zero attached hydrogens (tertiary/aromatic N) is 2. The van der Waals surface area contributed by atoms with Crippen LogP contribution in [0.2, 0.25) is 0 Å². The van der Waals surface area contributed by atoms with Crippen molar-refractivity contribution in [3.05, 3.63) is 0 Å². The zero-order valence-corrected chi connectivity index (χ0v) is 12.5. The highest BCUT2D eigenvalue weighted by atomic mass is 32.2. The number of rotatable bonds is 2. The molecule has 1 saturated heterocycles. The van der Waals surface area contributed by atoms with Crippen molar-refractivity contribution in [1.29, 1.82) is 0 Å². The van der Waals surface area contributed by atoms with Gasteiger partial charge in [0.05, 0.1) is 6.26 Å². The first-order chi connectivity index (χ1) is 8.98. The van der Waals surface area contributed by atoms with Crippen molar-refractivity contribution >= 4 is 15.9 Å². The van der Waals surface area contributed by atoms with Crippen LogP contribution in [-0.4, -0.2) is 56.0 Å². The van der Waals surface area contributed by atoms with Gasteiger partial charge in [0.15, 0.2) is 0 Å². The minimum absolute atomic E-state index is 0.179. The second-order valence-electron chi connectivity index (χ2n) is 5.68. The number of hydrogen-bond acceptors (Lipinski definition) is 3. The molecule has 1 amide bonds. The SMILES string of the molecule is CS(=O)(=O)N1CCCN(C(=O)C2CCCCC2)CC1. The molecule has 6 heteroatoms. The van der Waals surface area contributed by atoms with Crippen LogP contribution in [0.1, 0.15) is 38.5 Å². The van der Waals surface area contributed by atoms with Gasteiger partial charge in [-0.1, -0.05) is 19.3 Å².